The Morgan fingerprint density at radius 1 is 1.20 bits per heavy atom. The number of para-hydroxylation sites is 1. The molecule has 0 radical (unpaired) electrons. The first-order valence-electron chi connectivity index (χ1n) is 7.80. The molecule has 0 bridgehead atoms. The van der Waals surface area contributed by atoms with E-state index in [-0.39, 0.29) is 17.1 Å². The first-order valence-corrected chi connectivity index (χ1v) is 9.99. The van der Waals surface area contributed by atoms with Gasteiger partial charge < -0.3 is 15.5 Å². The number of azo groups is 1. The zero-order chi connectivity index (χ0) is 22.3. The van der Waals surface area contributed by atoms with Crippen LogP contribution in [0.3, 0.4) is 0 Å². The number of aliphatic hydroxyl groups is 1. The summed E-state index contributed by atoms with van der Waals surface area (Å²) >= 11 is 0.590. The average Bonchev–Trinajstić information content (AvgIpc) is 2.67. The molecular weight excluding hydrogens is 442 g/mol. The van der Waals surface area contributed by atoms with E-state index in [9.17, 15) is 28.0 Å². The number of phenolic OH excluding ortho intramolecular Hbond substituents is 1. The van der Waals surface area contributed by atoms with Gasteiger partial charge in [-0.05, 0) is 37.3 Å². The van der Waals surface area contributed by atoms with E-state index in [1.165, 1.54) is 36.4 Å². The van der Waals surface area contributed by atoms with Crippen molar-refractivity contribution < 1.29 is 42.6 Å². The predicted octanol–water partition coefficient (Wildman–Crippen LogP) is 3.58. The van der Waals surface area contributed by atoms with Gasteiger partial charge in [-0.15, -0.1) is 14.6 Å². The maximum atomic E-state index is 12.5. The number of nitrogens with zero attached hydrogens (tertiary/aromatic N) is 2. The second-order valence-corrected chi connectivity index (χ2v) is 7.60. The van der Waals surface area contributed by atoms with Crippen molar-refractivity contribution in [3.8, 4) is 5.75 Å². The normalized spacial score (nSPS) is 12.6. The van der Waals surface area contributed by atoms with Crippen molar-refractivity contribution in [1.82, 2.24) is 0 Å². The minimum Gasteiger partial charge on any atom is -0.510 e. The Morgan fingerprint density at radius 2 is 1.90 bits per heavy atom. The zero-order valence-corrected chi connectivity index (χ0v) is 16.7. The van der Waals surface area contributed by atoms with Crippen LogP contribution in [0.2, 0.25) is 0 Å². The summed E-state index contributed by atoms with van der Waals surface area (Å²) in [5, 5.41) is 40.8. The van der Waals surface area contributed by atoms with Crippen molar-refractivity contribution in [2.45, 2.75) is 16.7 Å². The number of benzene rings is 2. The number of amides is 1. The lowest BCUT2D eigenvalue weighted by molar-refractivity contribution is -0.432. The molecular formula is C16H15N3O9S2. The van der Waals surface area contributed by atoms with Gasteiger partial charge >= 0.3 is 0 Å². The molecule has 0 fully saturated rings. The number of rotatable bonds is 8. The van der Waals surface area contributed by atoms with Crippen LogP contribution < -0.4 is 5.32 Å². The maximum Gasteiger partial charge on any atom is 0.296 e. The third-order valence-electron chi connectivity index (χ3n) is 3.34. The zero-order valence-electron chi connectivity index (χ0n) is 15.1. The van der Waals surface area contributed by atoms with E-state index in [0.717, 1.165) is 13.0 Å². The van der Waals surface area contributed by atoms with E-state index in [4.69, 9.17) is 5.26 Å². The molecule has 0 unspecified atom stereocenters. The van der Waals surface area contributed by atoms with Crippen LogP contribution in [0.15, 0.2) is 73.9 Å². The summed E-state index contributed by atoms with van der Waals surface area (Å²) in [6, 6.07) is 8.96. The Labute approximate surface area is 174 Å². The first kappa shape index (κ1) is 23.3. The summed E-state index contributed by atoms with van der Waals surface area (Å²) in [7, 11) is -4.62. The van der Waals surface area contributed by atoms with Gasteiger partial charge in [-0.25, -0.2) is 5.26 Å². The highest BCUT2D eigenvalue weighted by Crippen LogP contribution is 2.32. The van der Waals surface area contributed by atoms with E-state index >= 15 is 0 Å². The van der Waals surface area contributed by atoms with Gasteiger partial charge in [-0.2, -0.15) is 8.42 Å². The minimum atomic E-state index is -4.62. The fraction of sp³-hybridized carbons (Fsp3) is 0.0625. The molecule has 0 spiro atoms. The van der Waals surface area contributed by atoms with Gasteiger partial charge in [-0.3, -0.25) is 9.35 Å². The second kappa shape index (κ2) is 10.1. The number of nitrogens with one attached hydrogen (secondary N) is 1. The number of carbonyl (C=O) groups is 1. The molecule has 160 valence electrons. The van der Waals surface area contributed by atoms with Gasteiger partial charge in [0.15, 0.2) is 5.70 Å². The van der Waals surface area contributed by atoms with Gasteiger partial charge in [0, 0.05) is 4.90 Å². The lowest BCUT2D eigenvalue weighted by Crippen LogP contribution is -2.16. The van der Waals surface area contributed by atoms with Gasteiger partial charge in [0.25, 0.3) is 16.0 Å². The Kier molecular flexibility index (Phi) is 7.87. The van der Waals surface area contributed by atoms with E-state index in [0.29, 0.717) is 16.9 Å². The molecule has 0 aliphatic rings. The molecule has 0 aliphatic heterocycles. The number of aliphatic hydroxyl groups excluding tert-OH is 1. The monoisotopic (exact) mass is 457 g/mol. The molecule has 2 rings (SSSR count). The van der Waals surface area contributed by atoms with Crippen LogP contribution in [0.1, 0.15) is 6.92 Å². The average molecular weight is 457 g/mol. The standard InChI is InChI=1S/C16H15N3O9S2/c1-9(20)15(16(22)17-11-4-2-3-5-14(11)30(24,25)26)19-18-12-8-10(29-28-27-23)6-7-13(12)21/h2-8,20-21,23H,1H3,(H,17,22)(H,24,25,26)/b15-9-,19-18+. The van der Waals surface area contributed by atoms with Crippen molar-refractivity contribution >= 4 is 39.4 Å². The molecule has 1 amide bonds. The summed E-state index contributed by atoms with van der Waals surface area (Å²) in [6.45, 7) is 1.14. The SMILES string of the molecule is C/C(O)=C(/N=N/c1cc(SOOO)ccc1O)C(=O)Nc1ccccc1S(=O)(=O)O. The summed E-state index contributed by atoms with van der Waals surface area (Å²) < 4.78 is 36.4. The van der Waals surface area contributed by atoms with Gasteiger partial charge in [0.2, 0.25) is 0 Å². The molecule has 0 heterocycles. The van der Waals surface area contributed by atoms with E-state index in [1.54, 1.807) is 0 Å². The van der Waals surface area contributed by atoms with Crippen LogP contribution in [-0.2, 0) is 24.3 Å². The lowest BCUT2D eigenvalue weighted by Gasteiger charge is -2.09. The lowest BCUT2D eigenvalue weighted by atomic mass is 10.3. The van der Waals surface area contributed by atoms with E-state index < -0.39 is 32.4 Å². The number of phenols is 1. The van der Waals surface area contributed by atoms with Crippen molar-refractivity contribution in [2.24, 2.45) is 10.2 Å². The van der Waals surface area contributed by atoms with Crippen LogP contribution in [0.4, 0.5) is 11.4 Å². The van der Waals surface area contributed by atoms with Gasteiger partial charge in [0.1, 0.15) is 22.1 Å². The molecule has 14 heteroatoms. The van der Waals surface area contributed by atoms with Gasteiger partial charge in [-0.1, -0.05) is 17.2 Å². The topological polar surface area (TPSA) is 187 Å². The Morgan fingerprint density at radius 3 is 2.53 bits per heavy atom. The fourth-order valence-corrected chi connectivity index (χ4v) is 3.09. The molecule has 0 atom stereocenters. The molecule has 0 aromatic heterocycles. The fourth-order valence-electron chi connectivity index (χ4n) is 2.05. The second-order valence-electron chi connectivity index (χ2n) is 5.44. The molecule has 12 nitrogen and oxygen atoms in total. The summed E-state index contributed by atoms with van der Waals surface area (Å²) in [5.74, 6) is -1.90. The van der Waals surface area contributed by atoms with E-state index in [1.807, 2.05) is 0 Å². The summed E-state index contributed by atoms with van der Waals surface area (Å²) in [5.41, 5.74) is -0.958. The Hall–Kier alpha value is -3.01. The number of hydrogen-bond acceptors (Lipinski definition) is 11. The first-order chi connectivity index (χ1) is 14.1. The molecule has 0 saturated heterocycles. The maximum absolute atomic E-state index is 12.5. The smallest absolute Gasteiger partial charge is 0.296 e. The molecule has 30 heavy (non-hydrogen) atoms. The highest BCUT2D eigenvalue weighted by atomic mass is 32.2. The summed E-state index contributed by atoms with van der Waals surface area (Å²) in [6.07, 6.45) is 0. The quantitative estimate of drug-likeness (QED) is 0.0745. The Bertz CT molecular complexity index is 1100. The van der Waals surface area contributed by atoms with Crippen molar-refractivity contribution in [2.75, 3.05) is 5.32 Å². The number of anilines is 1. The van der Waals surface area contributed by atoms with Crippen LogP contribution >= 0.6 is 12.0 Å². The van der Waals surface area contributed by atoms with E-state index in [2.05, 4.69) is 24.9 Å². The van der Waals surface area contributed by atoms with Crippen molar-refractivity contribution in [3.05, 3.63) is 53.9 Å². The molecule has 5 N–H and O–H groups in total. The molecule has 2 aromatic rings. The van der Waals surface area contributed by atoms with Crippen LogP contribution in [0, 0.1) is 0 Å². The number of allylic oxidation sites excluding steroid dienone is 1. The number of carbonyl (C=O) groups excluding carboxylic acids is 1. The number of hydrogen-bond donors (Lipinski definition) is 5. The molecule has 0 saturated carbocycles. The highest BCUT2D eigenvalue weighted by molar-refractivity contribution is 7.94. The third-order valence-corrected chi connectivity index (χ3v) is 4.82. The molecule has 2 aromatic carbocycles. The van der Waals surface area contributed by atoms with Crippen LogP contribution in [0.5, 0.6) is 5.75 Å². The molecule has 0 aliphatic carbocycles. The highest BCUT2D eigenvalue weighted by Gasteiger charge is 2.20. The number of aromatic hydroxyl groups is 1. The minimum absolute atomic E-state index is 0.119. The third kappa shape index (κ3) is 6.24. The largest absolute Gasteiger partial charge is 0.510 e. The van der Waals surface area contributed by atoms with Crippen LogP contribution in [-0.4, -0.2) is 34.3 Å². The van der Waals surface area contributed by atoms with Crippen molar-refractivity contribution in [1.29, 1.82) is 0 Å². The summed E-state index contributed by atoms with van der Waals surface area (Å²) in [4.78, 5) is 12.2. The predicted molar refractivity (Wildman–Crippen MR) is 103 cm³/mol. The van der Waals surface area contributed by atoms with Gasteiger partial charge in [0.05, 0.1) is 17.7 Å². The Balaban J connectivity index is 2.30. The van der Waals surface area contributed by atoms with Crippen molar-refractivity contribution in [3.63, 3.8) is 0 Å². The van der Waals surface area contributed by atoms with Crippen LogP contribution in [0.25, 0.3) is 0 Å².